The standard InChI is InChI=1S/C21H21N9OS/c1-12-25-26-21(32-12)29(3)16-6-5-13(9-18(16)31-4)14-10-17(15-7-8-28(2)27-15)30-19(14)20(22)23-11-24-30/h5-11H,1-4H3,(H2,22,23,24). The highest BCUT2D eigenvalue weighted by molar-refractivity contribution is 7.15. The predicted octanol–water partition coefficient (Wildman–Crippen LogP) is 3.32. The third kappa shape index (κ3) is 3.23. The summed E-state index contributed by atoms with van der Waals surface area (Å²) in [7, 11) is 5.47. The van der Waals surface area contributed by atoms with Crippen LogP contribution in [0.4, 0.5) is 16.6 Å². The number of hydrogen-bond donors (Lipinski definition) is 1. The predicted molar refractivity (Wildman–Crippen MR) is 124 cm³/mol. The highest BCUT2D eigenvalue weighted by atomic mass is 32.1. The number of benzene rings is 1. The summed E-state index contributed by atoms with van der Waals surface area (Å²) in [5.41, 5.74) is 11.3. The van der Waals surface area contributed by atoms with Crippen molar-refractivity contribution in [2.45, 2.75) is 6.92 Å². The zero-order valence-electron chi connectivity index (χ0n) is 18.0. The summed E-state index contributed by atoms with van der Waals surface area (Å²) in [6, 6.07) is 9.95. The molecule has 11 heteroatoms. The van der Waals surface area contributed by atoms with Crippen molar-refractivity contribution in [2.24, 2.45) is 7.05 Å². The zero-order valence-corrected chi connectivity index (χ0v) is 18.8. The largest absolute Gasteiger partial charge is 0.495 e. The summed E-state index contributed by atoms with van der Waals surface area (Å²) in [6.45, 7) is 1.93. The van der Waals surface area contributed by atoms with Crippen LogP contribution in [0.25, 0.3) is 28.0 Å². The fourth-order valence-electron chi connectivity index (χ4n) is 3.67. The molecule has 10 nitrogen and oxygen atoms in total. The molecule has 5 aromatic rings. The number of fused-ring (bicyclic) bond motifs is 1. The van der Waals surface area contributed by atoms with Gasteiger partial charge in [-0.15, -0.1) is 10.2 Å². The van der Waals surface area contributed by atoms with Crippen LogP contribution in [-0.4, -0.2) is 48.7 Å². The summed E-state index contributed by atoms with van der Waals surface area (Å²) < 4.78 is 9.25. The number of ether oxygens (including phenoxy) is 1. The topological polar surface area (TPSA) is 112 Å². The van der Waals surface area contributed by atoms with Crippen LogP contribution in [0, 0.1) is 6.92 Å². The van der Waals surface area contributed by atoms with Gasteiger partial charge in [0.15, 0.2) is 5.82 Å². The van der Waals surface area contributed by atoms with E-state index in [4.69, 9.17) is 10.5 Å². The number of nitrogens with zero attached hydrogens (tertiary/aromatic N) is 8. The number of rotatable bonds is 5. The molecule has 0 aliphatic rings. The highest BCUT2D eigenvalue weighted by Gasteiger charge is 2.20. The second-order valence-corrected chi connectivity index (χ2v) is 8.43. The van der Waals surface area contributed by atoms with Crippen molar-refractivity contribution < 1.29 is 4.74 Å². The molecule has 0 spiro atoms. The van der Waals surface area contributed by atoms with E-state index in [2.05, 4.69) is 25.4 Å². The summed E-state index contributed by atoms with van der Waals surface area (Å²) in [5, 5.41) is 19.0. The number of aryl methyl sites for hydroxylation is 2. The summed E-state index contributed by atoms with van der Waals surface area (Å²) in [6.07, 6.45) is 3.34. The molecule has 4 aromatic heterocycles. The van der Waals surface area contributed by atoms with Crippen LogP contribution >= 0.6 is 11.3 Å². The van der Waals surface area contributed by atoms with Gasteiger partial charge >= 0.3 is 0 Å². The van der Waals surface area contributed by atoms with Crippen LogP contribution in [0.15, 0.2) is 42.9 Å². The maximum atomic E-state index is 6.27. The van der Waals surface area contributed by atoms with Gasteiger partial charge in [-0.2, -0.15) is 10.2 Å². The first kappa shape index (κ1) is 19.9. The molecule has 4 heterocycles. The van der Waals surface area contributed by atoms with Crippen LogP contribution in [0.3, 0.4) is 0 Å². The Kier molecular flexibility index (Phi) is 4.74. The Morgan fingerprint density at radius 2 is 2.00 bits per heavy atom. The van der Waals surface area contributed by atoms with Gasteiger partial charge in [-0.3, -0.25) is 4.68 Å². The van der Waals surface area contributed by atoms with Gasteiger partial charge in [0, 0.05) is 25.9 Å². The van der Waals surface area contributed by atoms with E-state index in [0.717, 1.165) is 43.9 Å². The molecule has 0 bridgehead atoms. The molecule has 0 aliphatic heterocycles. The average molecular weight is 448 g/mol. The molecular formula is C21H21N9OS. The molecule has 1 aromatic carbocycles. The first-order chi connectivity index (χ1) is 15.5. The molecule has 5 rings (SSSR count). The zero-order chi connectivity index (χ0) is 22.4. The van der Waals surface area contributed by atoms with Crippen molar-refractivity contribution in [3.63, 3.8) is 0 Å². The molecule has 0 fully saturated rings. The summed E-state index contributed by atoms with van der Waals surface area (Å²) in [4.78, 5) is 6.16. The maximum Gasteiger partial charge on any atom is 0.212 e. The minimum absolute atomic E-state index is 0.390. The van der Waals surface area contributed by atoms with E-state index in [-0.39, 0.29) is 0 Å². The van der Waals surface area contributed by atoms with E-state index in [1.807, 2.05) is 62.4 Å². The molecule has 32 heavy (non-hydrogen) atoms. The molecule has 2 N–H and O–H groups in total. The number of nitrogen functional groups attached to an aromatic ring is 1. The van der Waals surface area contributed by atoms with E-state index in [1.165, 1.54) is 17.7 Å². The van der Waals surface area contributed by atoms with Gasteiger partial charge in [0.25, 0.3) is 0 Å². The maximum absolute atomic E-state index is 6.27. The van der Waals surface area contributed by atoms with Crippen molar-refractivity contribution in [1.82, 2.24) is 34.6 Å². The third-order valence-electron chi connectivity index (χ3n) is 5.21. The van der Waals surface area contributed by atoms with Gasteiger partial charge in [-0.25, -0.2) is 9.50 Å². The number of nitrogens with two attached hydrogens (primary N) is 1. The van der Waals surface area contributed by atoms with Crippen molar-refractivity contribution in [1.29, 1.82) is 0 Å². The fraction of sp³-hybridized carbons (Fsp3) is 0.190. The normalized spacial score (nSPS) is 11.2. The Balaban J connectivity index is 1.66. The number of methoxy groups -OCH3 is 1. The van der Waals surface area contributed by atoms with Crippen LogP contribution in [0.5, 0.6) is 5.75 Å². The van der Waals surface area contributed by atoms with E-state index in [9.17, 15) is 0 Å². The van der Waals surface area contributed by atoms with Crippen molar-refractivity contribution in [3.05, 3.63) is 47.9 Å². The molecule has 162 valence electrons. The minimum atomic E-state index is 0.390. The lowest BCUT2D eigenvalue weighted by Crippen LogP contribution is -2.10. The van der Waals surface area contributed by atoms with Gasteiger partial charge < -0.3 is 15.4 Å². The number of hydrogen-bond acceptors (Lipinski definition) is 9. The van der Waals surface area contributed by atoms with E-state index >= 15 is 0 Å². The molecule has 0 atom stereocenters. The Hall–Kier alpha value is -3.99. The molecule has 0 radical (unpaired) electrons. The van der Waals surface area contributed by atoms with Crippen LogP contribution in [0.1, 0.15) is 5.01 Å². The van der Waals surface area contributed by atoms with Gasteiger partial charge in [0.2, 0.25) is 5.13 Å². The molecule has 0 unspecified atom stereocenters. The second kappa shape index (κ2) is 7.61. The van der Waals surface area contributed by atoms with Crippen LogP contribution in [-0.2, 0) is 7.05 Å². The van der Waals surface area contributed by atoms with Gasteiger partial charge in [-0.1, -0.05) is 17.4 Å². The van der Waals surface area contributed by atoms with E-state index in [0.29, 0.717) is 11.6 Å². The highest BCUT2D eigenvalue weighted by Crippen LogP contribution is 2.40. The molecular weight excluding hydrogens is 426 g/mol. The van der Waals surface area contributed by atoms with Gasteiger partial charge in [0.1, 0.15) is 28.3 Å². The fourth-order valence-corrected chi connectivity index (χ4v) is 4.33. The van der Waals surface area contributed by atoms with Crippen LogP contribution in [0.2, 0.25) is 0 Å². The summed E-state index contributed by atoms with van der Waals surface area (Å²) in [5.74, 6) is 1.09. The average Bonchev–Trinajstić information content (AvgIpc) is 3.51. The van der Waals surface area contributed by atoms with Crippen LogP contribution < -0.4 is 15.4 Å². The molecule has 0 aliphatic carbocycles. The third-order valence-corrected chi connectivity index (χ3v) is 6.13. The van der Waals surface area contributed by atoms with Crippen molar-refractivity contribution in [3.8, 4) is 28.3 Å². The Labute approximate surface area is 187 Å². The van der Waals surface area contributed by atoms with Crippen molar-refractivity contribution >= 4 is 33.5 Å². The summed E-state index contributed by atoms with van der Waals surface area (Å²) >= 11 is 1.52. The second-order valence-electron chi connectivity index (χ2n) is 7.27. The van der Waals surface area contributed by atoms with Gasteiger partial charge in [-0.05, 0) is 36.8 Å². The minimum Gasteiger partial charge on any atom is -0.495 e. The molecule has 0 saturated carbocycles. The Morgan fingerprint density at radius 3 is 2.69 bits per heavy atom. The Morgan fingerprint density at radius 1 is 1.16 bits per heavy atom. The number of aromatic nitrogens is 7. The van der Waals surface area contributed by atoms with Crippen molar-refractivity contribution in [2.75, 3.05) is 24.8 Å². The van der Waals surface area contributed by atoms with E-state index in [1.54, 1.807) is 16.3 Å². The first-order valence-corrected chi connectivity index (χ1v) is 10.6. The SMILES string of the molecule is COc1cc(-c2cc(-c3ccn(C)n3)n3ncnc(N)c23)ccc1N(C)c1nnc(C)s1. The molecule has 0 saturated heterocycles. The quantitative estimate of drug-likeness (QED) is 0.437. The molecule has 0 amide bonds. The lowest BCUT2D eigenvalue weighted by molar-refractivity contribution is 0.416. The Bertz CT molecular complexity index is 1430. The van der Waals surface area contributed by atoms with Gasteiger partial charge in [0.05, 0.1) is 18.5 Å². The lowest BCUT2D eigenvalue weighted by atomic mass is 10.1. The monoisotopic (exact) mass is 447 g/mol. The first-order valence-electron chi connectivity index (χ1n) is 9.80. The smallest absolute Gasteiger partial charge is 0.212 e. The lowest BCUT2D eigenvalue weighted by Gasteiger charge is -2.19. The number of anilines is 3. The van der Waals surface area contributed by atoms with E-state index < -0.39 is 0 Å².